The third kappa shape index (κ3) is 5.99. The fourth-order valence-electron chi connectivity index (χ4n) is 2.23. The molecule has 1 aromatic rings. The number of nitrogens with one attached hydrogen (secondary N) is 2. The van der Waals surface area contributed by atoms with E-state index < -0.39 is 9.84 Å². The van der Waals surface area contributed by atoms with Gasteiger partial charge in [0.1, 0.15) is 0 Å². The summed E-state index contributed by atoms with van der Waals surface area (Å²) >= 11 is 1.69. The van der Waals surface area contributed by atoms with E-state index in [4.69, 9.17) is 0 Å². The first-order valence-corrected chi connectivity index (χ1v) is 9.83. The molecule has 1 aromatic heterocycles. The van der Waals surface area contributed by atoms with Crippen LogP contribution in [0.15, 0.2) is 10.4 Å². The first-order chi connectivity index (χ1) is 10.0. The zero-order valence-corrected chi connectivity index (χ0v) is 16.8. The summed E-state index contributed by atoms with van der Waals surface area (Å²) in [4.78, 5) is 8.65. The normalized spacial score (nSPS) is 20.5. The molecule has 2 N–H and O–H groups in total. The average molecular weight is 458 g/mol. The van der Waals surface area contributed by atoms with Gasteiger partial charge in [0.25, 0.3) is 0 Å². The summed E-state index contributed by atoms with van der Waals surface area (Å²) < 4.78 is 22.9. The average Bonchev–Trinajstić information content (AvgIpc) is 3.04. The van der Waals surface area contributed by atoms with Gasteiger partial charge in [-0.2, -0.15) is 0 Å². The fraction of sp³-hybridized carbons (Fsp3) is 0.692. The van der Waals surface area contributed by atoms with Crippen LogP contribution in [0.2, 0.25) is 0 Å². The number of hydrogen-bond donors (Lipinski definition) is 2. The highest BCUT2D eigenvalue weighted by Crippen LogP contribution is 2.11. The maximum atomic E-state index is 11.4. The topological polar surface area (TPSA) is 83.4 Å². The lowest BCUT2D eigenvalue weighted by Crippen LogP contribution is -2.44. The molecule has 0 aromatic carbocycles. The summed E-state index contributed by atoms with van der Waals surface area (Å²) in [6.07, 6.45) is 2.45. The van der Waals surface area contributed by atoms with Crippen LogP contribution >= 0.6 is 35.3 Å². The second-order valence-electron chi connectivity index (χ2n) is 5.08. The molecular formula is C13H23IN4O2S2. The van der Waals surface area contributed by atoms with Gasteiger partial charge in [0.15, 0.2) is 15.8 Å². The molecule has 126 valence electrons. The van der Waals surface area contributed by atoms with Crippen molar-refractivity contribution in [1.82, 2.24) is 15.6 Å². The monoisotopic (exact) mass is 458 g/mol. The number of aliphatic imine (C=N–C) groups is 1. The Bertz CT molecular complexity index is 601. The molecule has 6 nitrogen and oxygen atoms in total. The van der Waals surface area contributed by atoms with E-state index in [9.17, 15) is 8.42 Å². The van der Waals surface area contributed by atoms with Crippen molar-refractivity contribution in [2.45, 2.75) is 32.2 Å². The number of rotatable bonds is 5. The Morgan fingerprint density at radius 2 is 2.32 bits per heavy atom. The summed E-state index contributed by atoms with van der Waals surface area (Å²) in [6.45, 7) is 2.83. The number of thiazole rings is 1. The molecule has 0 aliphatic carbocycles. The maximum absolute atomic E-state index is 11.4. The van der Waals surface area contributed by atoms with Crippen molar-refractivity contribution >= 4 is 51.1 Å². The second kappa shape index (κ2) is 9.02. The van der Waals surface area contributed by atoms with Crippen molar-refractivity contribution in [3.63, 3.8) is 0 Å². The van der Waals surface area contributed by atoms with Crippen molar-refractivity contribution in [3.05, 3.63) is 16.1 Å². The number of guanidine groups is 1. The van der Waals surface area contributed by atoms with Gasteiger partial charge < -0.3 is 10.6 Å². The van der Waals surface area contributed by atoms with Gasteiger partial charge in [-0.25, -0.2) is 13.4 Å². The molecule has 0 radical (unpaired) electrons. The number of sulfone groups is 1. The lowest BCUT2D eigenvalue weighted by atomic mass is 10.3. The minimum atomic E-state index is -2.87. The molecule has 9 heteroatoms. The van der Waals surface area contributed by atoms with Gasteiger partial charge in [0, 0.05) is 31.4 Å². The highest BCUT2D eigenvalue weighted by atomic mass is 127. The van der Waals surface area contributed by atoms with Crippen LogP contribution in [0.4, 0.5) is 0 Å². The third-order valence-corrected chi connectivity index (χ3v) is 6.18. The van der Waals surface area contributed by atoms with Crippen LogP contribution in [-0.2, 0) is 22.7 Å². The highest BCUT2D eigenvalue weighted by molar-refractivity contribution is 14.0. The van der Waals surface area contributed by atoms with Crippen LogP contribution < -0.4 is 10.6 Å². The van der Waals surface area contributed by atoms with Gasteiger partial charge in [0.05, 0.1) is 22.2 Å². The van der Waals surface area contributed by atoms with E-state index in [0.717, 1.165) is 30.1 Å². The van der Waals surface area contributed by atoms with Gasteiger partial charge >= 0.3 is 0 Å². The molecule has 1 atom stereocenters. The first kappa shape index (κ1) is 19.6. The van der Waals surface area contributed by atoms with Crippen molar-refractivity contribution in [2.24, 2.45) is 4.99 Å². The predicted molar refractivity (Wildman–Crippen MR) is 102 cm³/mol. The molecule has 0 amide bonds. The van der Waals surface area contributed by atoms with Gasteiger partial charge in [-0.15, -0.1) is 35.3 Å². The molecule has 2 heterocycles. The molecule has 1 aliphatic heterocycles. The van der Waals surface area contributed by atoms with Crippen LogP contribution in [0.5, 0.6) is 0 Å². The van der Waals surface area contributed by atoms with E-state index in [-0.39, 0.29) is 41.5 Å². The van der Waals surface area contributed by atoms with Crippen molar-refractivity contribution in [1.29, 1.82) is 0 Å². The molecule has 0 spiro atoms. The Hall–Kier alpha value is -0.420. The largest absolute Gasteiger partial charge is 0.356 e. The summed E-state index contributed by atoms with van der Waals surface area (Å²) in [5.41, 5.74) is 1.09. The first-order valence-electron chi connectivity index (χ1n) is 7.13. The van der Waals surface area contributed by atoms with Crippen LogP contribution in [0, 0.1) is 0 Å². The zero-order chi connectivity index (χ0) is 15.3. The van der Waals surface area contributed by atoms with Crippen molar-refractivity contribution in [3.8, 4) is 0 Å². The van der Waals surface area contributed by atoms with Crippen LogP contribution in [-0.4, -0.2) is 50.5 Å². The summed E-state index contributed by atoms with van der Waals surface area (Å²) in [5, 5.41) is 9.61. The van der Waals surface area contributed by atoms with Crippen LogP contribution in [0.25, 0.3) is 0 Å². The number of halogens is 1. The lowest BCUT2D eigenvalue weighted by molar-refractivity contribution is 0.599. The molecule has 2 rings (SSSR count). The molecule has 1 saturated heterocycles. The molecule has 22 heavy (non-hydrogen) atoms. The van der Waals surface area contributed by atoms with Crippen LogP contribution in [0.3, 0.4) is 0 Å². The highest BCUT2D eigenvalue weighted by Gasteiger charge is 2.28. The molecule has 1 fully saturated rings. The fourth-order valence-corrected chi connectivity index (χ4v) is 4.68. The Balaban J connectivity index is 0.00000242. The van der Waals surface area contributed by atoms with Gasteiger partial charge in [-0.1, -0.05) is 6.92 Å². The van der Waals surface area contributed by atoms with Gasteiger partial charge in [0.2, 0.25) is 0 Å². The maximum Gasteiger partial charge on any atom is 0.191 e. The molecule has 1 unspecified atom stereocenters. The lowest BCUT2D eigenvalue weighted by Gasteiger charge is -2.15. The van der Waals surface area contributed by atoms with Crippen molar-refractivity contribution in [2.75, 3.05) is 25.1 Å². The third-order valence-electron chi connectivity index (χ3n) is 3.37. The standard InChI is InChI=1S/C13H22N4O2S2.HI/c1-3-12-16-10(8-20-12)4-6-15-13(14-2)17-11-5-7-21(18,19)9-11;/h8,11H,3-7,9H2,1-2H3,(H2,14,15,17);1H. The minimum Gasteiger partial charge on any atom is -0.356 e. The van der Waals surface area contributed by atoms with Gasteiger partial charge in [-0.3, -0.25) is 4.99 Å². The van der Waals surface area contributed by atoms with E-state index >= 15 is 0 Å². The Labute approximate surface area is 153 Å². The summed E-state index contributed by atoms with van der Waals surface area (Å²) in [5.74, 6) is 1.11. The number of nitrogens with zero attached hydrogens (tertiary/aromatic N) is 2. The predicted octanol–water partition coefficient (Wildman–Crippen LogP) is 1.22. The molecular weight excluding hydrogens is 435 g/mol. The van der Waals surface area contributed by atoms with E-state index in [1.165, 1.54) is 0 Å². The van der Waals surface area contributed by atoms with E-state index in [0.29, 0.717) is 12.4 Å². The smallest absolute Gasteiger partial charge is 0.191 e. The number of hydrogen-bond acceptors (Lipinski definition) is 5. The van der Waals surface area contributed by atoms with E-state index in [1.54, 1.807) is 18.4 Å². The summed E-state index contributed by atoms with van der Waals surface area (Å²) in [6, 6.07) is -0.0350. The molecule has 0 saturated carbocycles. The summed E-state index contributed by atoms with van der Waals surface area (Å²) in [7, 11) is -1.18. The van der Waals surface area contributed by atoms with Crippen LogP contribution in [0.1, 0.15) is 24.0 Å². The van der Waals surface area contributed by atoms with E-state index in [2.05, 4.69) is 32.9 Å². The Kier molecular flexibility index (Phi) is 8.04. The minimum absolute atomic E-state index is 0. The molecule has 1 aliphatic rings. The molecule has 0 bridgehead atoms. The Morgan fingerprint density at radius 1 is 1.55 bits per heavy atom. The van der Waals surface area contributed by atoms with Crippen molar-refractivity contribution < 1.29 is 8.42 Å². The quantitative estimate of drug-likeness (QED) is 0.394. The number of aryl methyl sites for hydroxylation is 1. The number of aromatic nitrogens is 1. The van der Waals surface area contributed by atoms with Gasteiger partial charge in [-0.05, 0) is 12.8 Å². The zero-order valence-electron chi connectivity index (χ0n) is 12.8. The Morgan fingerprint density at radius 3 is 2.86 bits per heavy atom. The second-order valence-corrected chi connectivity index (χ2v) is 8.25. The SMILES string of the molecule is CCc1nc(CCNC(=NC)NC2CCS(=O)(=O)C2)cs1.I. The van der Waals surface area contributed by atoms with E-state index in [1.807, 2.05) is 0 Å².